The Morgan fingerprint density at radius 1 is 1.38 bits per heavy atom. The minimum absolute atomic E-state index is 0.172. The lowest BCUT2D eigenvalue weighted by Gasteiger charge is -2.24. The molecule has 1 unspecified atom stereocenters. The maximum Gasteiger partial charge on any atom is 0.326 e. The predicted octanol–water partition coefficient (Wildman–Crippen LogP) is 0.177. The Morgan fingerprint density at radius 2 is 2.14 bits per heavy atom. The largest absolute Gasteiger partial charge is 0.480 e. The molecule has 0 spiro atoms. The number of benzene rings is 1. The molecule has 1 amide bonds. The van der Waals surface area contributed by atoms with Crippen molar-refractivity contribution >= 4 is 11.9 Å². The number of amides is 1. The minimum Gasteiger partial charge on any atom is -0.480 e. The molecule has 1 heterocycles. The molecule has 1 aromatic rings. The summed E-state index contributed by atoms with van der Waals surface area (Å²) in [6.45, 7) is 1.97. The van der Waals surface area contributed by atoms with Crippen LogP contribution in [0.4, 0.5) is 0 Å². The minimum atomic E-state index is -1.03. The van der Waals surface area contributed by atoms with Crippen molar-refractivity contribution in [3.05, 3.63) is 35.9 Å². The van der Waals surface area contributed by atoms with Gasteiger partial charge >= 0.3 is 5.97 Å². The number of carboxylic acids is 1. The van der Waals surface area contributed by atoms with Gasteiger partial charge in [0.2, 0.25) is 5.91 Å². The van der Waals surface area contributed by atoms with Crippen molar-refractivity contribution in [2.45, 2.75) is 25.0 Å². The van der Waals surface area contributed by atoms with Crippen molar-refractivity contribution in [2.75, 3.05) is 19.7 Å². The molecule has 1 aliphatic rings. The van der Waals surface area contributed by atoms with E-state index in [1.54, 1.807) is 0 Å². The standard InChI is InChI=1S/C15H20N2O4/c18-14(9-12-10-16-6-7-21-12)17-13(15(19)20)8-11-4-2-1-3-5-11/h1-5,12-13,16H,6-10H2,(H,17,18)(H,19,20)/t12?,13-/m0/s1. The van der Waals surface area contributed by atoms with E-state index in [1.165, 1.54) is 0 Å². The van der Waals surface area contributed by atoms with Crippen LogP contribution in [0.1, 0.15) is 12.0 Å². The third-order valence-electron chi connectivity index (χ3n) is 3.33. The summed E-state index contributed by atoms with van der Waals surface area (Å²) in [4.78, 5) is 23.2. The van der Waals surface area contributed by atoms with Gasteiger partial charge in [0.1, 0.15) is 6.04 Å². The maximum absolute atomic E-state index is 11.9. The summed E-state index contributed by atoms with van der Waals surface area (Å²) in [6.07, 6.45) is 0.252. The second kappa shape index (κ2) is 7.75. The smallest absolute Gasteiger partial charge is 0.326 e. The van der Waals surface area contributed by atoms with Crippen LogP contribution in [0.3, 0.4) is 0 Å². The summed E-state index contributed by atoms with van der Waals surface area (Å²) in [6, 6.07) is 8.32. The second-order valence-corrected chi connectivity index (χ2v) is 5.05. The molecule has 1 aromatic carbocycles. The lowest BCUT2D eigenvalue weighted by Crippen LogP contribution is -2.46. The van der Waals surface area contributed by atoms with Crippen LogP contribution in [0.2, 0.25) is 0 Å². The third-order valence-corrected chi connectivity index (χ3v) is 3.33. The van der Waals surface area contributed by atoms with Gasteiger partial charge in [-0.2, -0.15) is 0 Å². The van der Waals surface area contributed by atoms with E-state index in [2.05, 4.69) is 10.6 Å². The first-order chi connectivity index (χ1) is 10.1. The van der Waals surface area contributed by atoms with Gasteiger partial charge in [-0.25, -0.2) is 4.79 Å². The molecule has 1 fully saturated rings. The summed E-state index contributed by atoms with van der Waals surface area (Å²) in [5.41, 5.74) is 0.876. The zero-order valence-corrected chi connectivity index (χ0v) is 11.7. The second-order valence-electron chi connectivity index (χ2n) is 5.05. The molecule has 2 rings (SSSR count). The highest BCUT2D eigenvalue weighted by Crippen LogP contribution is 2.06. The monoisotopic (exact) mass is 292 g/mol. The SMILES string of the molecule is O=C(CC1CNCCO1)N[C@@H](Cc1ccccc1)C(=O)O. The highest BCUT2D eigenvalue weighted by molar-refractivity contribution is 5.84. The van der Waals surface area contributed by atoms with E-state index in [9.17, 15) is 14.7 Å². The van der Waals surface area contributed by atoms with Crippen molar-refractivity contribution in [1.82, 2.24) is 10.6 Å². The Kier molecular flexibility index (Phi) is 5.71. The average molecular weight is 292 g/mol. The molecule has 114 valence electrons. The molecule has 0 saturated carbocycles. The molecule has 1 aliphatic heterocycles. The van der Waals surface area contributed by atoms with E-state index in [0.29, 0.717) is 13.2 Å². The van der Waals surface area contributed by atoms with E-state index in [1.807, 2.05) is 30.3 Å². The summed E-state index contributed by atoms with van der Waals surface area (Å²) in [5.74, 6) is -1.33. The Labute approximate surface area is 123 Å². The van der Waals surface area contributed by atoms with Crippen LogP contribution in [-0.4, -0.2) is 48.8 Å². The van der Waals surface area contributed by atoms with Crippen molar-refractivity contribution in [2.24, 2.45) is 0 Å². The number of carbonyl (C=O) groups excluding carboxylic acids is 1. The fraction of sp³-hybridized carbons (Fsp3) is 0.467. The predicted molar refractivity (Wildman–Crippen MR) is 76.9 cm³/mol. The van der Waals surface area contributed by atoms with E-state index in [-0.39, 0.29) is 24.9 Å². The highest BCUT2D eigenvalue weighted by atomic mass is 16.5. The number of morpholine rings is 1. The molecule has 1 saturated heterocycles. The van der Waals surface area contributed by atoms with Crippen molar-refractivity contribution < 1.29 is 19.4 Å². The summed E-state index contributed by atoms with van der Waals surface area (Å²) >= 11 is 0. The number of aliphatic carboxylic acids is 1. The number of hydrogen-bond donors (Lipinski definition) is 3. The Balaban J connectivity index is 1.86. The Morgan fingerprint density at radius 3 is 2.76 bits per heavy atom. The van der Waals surface area contributed by atoms with E-state index in [4.69, 9.17) is 4.74 Å². The van der Waals surface area contributed by atoms with Crippen LogP contribution in [0, 0.1) is 0 Å². The Hall–Kier alpha value is -1.92. The molecule has 0 bridgehead atoms. The van der Waals surface area contributed by atoms with Gasteiger partial charge in [-0.1, -0.05) is 30.3 Å². The molecule has 0 aromatic heterocycles. The highest BCUT2D eigenvalue weighted by Gasteiger charge is 2.23. The summed E-state index contributed by atoms with van der Waals surface area (Å²) in [5, 5.41) is 14.9. The quantitative estimate of drug-likeness (QED) is 0.696. The number of rotatable bonds is 6. The van der Waals surface area contributed by atoms with Crippen LogP contribution in [0.5, 0.6) is 0 Å². The summed E-state index contributed by atoms with van der Waals surface area (Å²) in [7, 11) is 0. The van der Waals surface area contributed by atoms with E-state index >= 15 is 0 Å². The van der Waals surface area contributed by atoms with Gasteiger partial charge in [0, 0.05) is 19.5 Å². The first kappa shape index (κ1) is 15.5. The molecule has 0 aliphatic carbocycles. The third kappa shape index (κ3) is 5.17. The van der Waals surface area contributed by atoms with Crippen molar-refractivity contribution in [3.63, 3.8) is 0 Å². The van der Waals surface area contributed by atoms with Crippen LogP contribution in [0.15, 0.2) is 30.3 Å². The first-order valence-corrected chi connectivity index (χ1v) is 7.03. The molecule has 2 atom stereocenters. The lowest BCUT2D eigenvalue weighted by molar-refractivity contribution is -0.142. The van der Waals surface area contributed by atoms with Gasteiger partial charge in [-0.05, 0) is 5.56 Å². The zero-order valence-electron chi connectivity index (χ0n) is 11.7. The van der Waals surface area contributed by atoms with Gasteiger partial charge in [0.25, 0.3) is 0 Å². The maximum atomic E-state index is 11.9. The van der Waals surface area contributed by atoms with Gasteiger partial charge in [0.15, 0.2) is 0 Å². The van der Waals surface area contributed by atoms with Gasteiger partial charge in [-0.15, -0.1) is 0 Å². The number of ether oxygens (including phenoxy) is 1. The van der Waals surface area contributed by atoms with E-state index < -0.39 is 12.0 Å². The van der Waals surface area contributed by atoms with Crippen molar-refractivity contribution in [1.29, 1.82) is 0 Å². The van der Waals surface area contributed by atoms with Crippen molar-refractivity contribution in [3.8, 4) is 0 Å². The fourth-order valence-corrected chi connectivity index (χ4v) is 2.26. The van der Waals surface area contributed by atoms with Crippen LogP contribution in [0.25, 0.3) is 0 Å². The lowest BCUT2D eigenvalue weighted by atomic mass is 10.1. The fourth-order valence-electron chi connectivity index (χ4n) is 2.26. The normalized spacial score (nSPS) is 19.7. The molecule has 21 heavy (non-hydrogen) atoms. The molecule has 3 N–H and O–H groups in total. The Bertz CT molecular complexity index is 472. The van der Waals surface area contributed by atoms with Gasteiger partial charge in [0.05, 0.1) is 19.1 Å². The molecule has 6 nitrogen and oxygen atoms in total. The van der Waals surface area contributed by atoms with E-state index in [0.717, 1.165) is 12.1 Å². The number of hydrogen-bond acceptors (Lipinski definition) is 4. The molecular formula is C15H20N2O4. The summed E-state index contributed by atoms with van der Waals surface area (Å²) < 4.78 is 5.44. The first-order valence-electron chi connectivity index (χ1n) is 7.03. The van der Waals surface area contributed by atoms with Crippen LogP contribution < -0.4 is 10.6 Å². The molecule has 6 heteroatoms. The van der Waals surface area contributed by atoms with Crippen LogP contribution in [-0.2, 0) is 20.7 Å². The number of carboxylic acid groups (broad SMARTS) is 1. The topological polar surface area (TPSA) is 87.7 Å². The number of carbonyl (C=O) groups is 2. The molecule has 0 radical (unpaired) electrons. The van der Waals surface area contributed by atoms with Gasteiger partial charge < -0.3 is 20.5 Å². The van der Waals surface area contributed by atoms with Gasteiger partial charge in [-0.3, -0.25) is 4.79 Å². The zero-order chi connectivity index (χ0) is 15.1. The average Bonchev–Trinajstić information content (AvgIpc) is 2.48. The molecular weight excluding hydrogens is 272 g/mol. The van der Waals surface area contributed by atoms with Crippen LogP contribution >= 0.6 is 0 Å². The number of nitrogens with one attached hydrogen (secondary N) is 2.